The molecule has 0 aliphatic heterocycles. The van der Waals surface area contributed by atoms with E-state index in [1.807, 2.05) is 43.6 Å². The van der Waals surface area contributed by atoms with Crippen LogP contribution < -0.4 is 5.32 Å². The van der Waals surface area contributed by atoms with Crippen LogP contribution in [0.15, 0.2) is 36.7 Å². The summed E-state index contributed by atoms with van der Waals surface area (Å²) in [6, 6.07) is 8.05. The van der Waals surface area contributed by atoms with Crippen molar-refractivity contribution in [1.29, 1.82) is 0 Å². The van der Waals surface area contributed by atoms with Crippen molar-refractivity contribution in [2.75, 3.05) is 5.32 Å². The van der Waals surface area contributed by atoms with Crippen LogP contribution in [0.1, 0.15) is 11.1 Å². The van der Waals surface area contributed by atoms with Gasteiger partial charge in [0, 0.05) is 18.9 Å². The number of benzene rings is 1. The van der Waals surface area contributed by atoms with E-state index in [0.29, 0.717) is 0 Å². The van der Waals surface area contributed by atoms with Crippen molar-refractivity contribution in [2.24, 2.45) is 0 Å². The number of aryl methyl sites for hydroxylation is 1. The number of anilines is 1. The highest BCUT2D eigenvalue weighted by atomic mass is 35.5. The second-order valence-corrected chi connectivity index (χ2v) is 3.96. The maximum atomic E-state index is 6.10. The van der Waals surface area contributed by atoms with Gasteiger partial charge in [-0.2, -0.15) is 0 Å². The third-order valence-corrected chi connectivity index (χ3v) is 2.58. The highest BCUT2D eigenvalue weighted by Crippen LogP contribution is 2.23. The predicted molar refractivity (Wildman–Crippen MR) is 64.3 cm³/mol. The molecule has 15 heavy (non-hydrogen) atoms. The first-order chi connectivity index (χ1) is 7.25. The maximum absolute atomic E-state index is 6.10. The molecule has 78 valence electrons. The van der Waals surface area contributed by atoms with E-state index in [-0.39, 0.29) is 0 Å². The van der Waals surface area contributed by atoms with Gasteiger partial charge in [-0.1, -0.05) is 17.7 Å². The van der Waals surface area contributed by atoms with E-state index in [9.17, 15) is 0 Å². The van der Waals surface area contributed by atoms with E-state index < -0.39 is 0 Å². The third kappa shape index (κ3) is 2.54. The molecule has 0 saturated heterocycles. The standard InChI is InChI=1S/C12H13ClN2/c1-9-2-3-12(11(13)6-9)15-8-10-4-5-14-7-10/h2-7,14-15H,8H2,1H3. The van der Waals surface area contributed by atoms with Gasteiger partial charge in [0.15, 0.2) is 0 Å². The lowest BCUT2D eigenvalue weighted by molar-refractivity contribution is 1.15. The molecule has 0 aliphatic carbocycles. The van der Waals surface area contributed by atoms with Crippen LogP contribution in [-0.2, 0) is 6.54 Å². The smallest absolute Gasteiger partial charge is 0.0640 e. The SMILES string of the molecule is Cc1ccc(NCc2cc[nH]c2)c(Cl)c1. The second-order valence-electron chi connectivity index (χ2n) is 3.56. The summed E-state index contributed by atoms with van der Waals surface area (Å²) in [5, 5.41) is 4.06. The van der Waals surface area contributed by atoms with Crippen molar-refractivity contribution in [2.45, 2.75) is 13.5 Å². The minimum Gasteiger partial charge on any atom is -0.380 e. The van der Waals surface area contributed by atoms with Crippen LogP contribution in [0, 0.1) is 6.92 Å². The van der Waals surface area contributed by atoms with E-state index >= 15 is 0 Å². The Morgan fingerprint density at radius 1 is 1.33 bits per heavy atom. The second kappa shape index (κ2) is 4.41. The molecule has 2 aromatic rings. The number of H-pyrrole nitrogens is 1. The molecule has 1 heterocycles. The molecule has 1 aromatic heterocycles. The van der Waals surface area contributed by atoms with Gasteiger partial charge in [-0.05, 0) is 36.2 Å². The predicted octanol–water partition coefficient (Wildman–Crippen LogP) is 3.59. The highest BCUT2D eigenvalue weighted by Gasteiger charge is 1.99. The zero-order chi connectivity index (χ0) is 10.7. The summed E-state index contributed by atoms with van der Waals surface area (Å²) in [4.78, 5) is 3.02. The Bertz CT molecular complexity index is 435. The number of rotatable bonds is 3. The molecule has 0 fully saturated rings. The molecular weight excluding hydrogens is 208 g/mol. The molecule has 3 heteroatoms. The Balaban J connectivity index is 2.05. The summed E-state index contributed by atoms with van der Waals surface area (Å²) < 4.78 is 0. The minimum atomic E-state index is 0.769. The van der Waals surface area contributed by atoms with Crippen molar-refractivity contribution < 1.29 is 0 Å². The fraction of sp³-hybridized carbons (Fsp3) is 0.167. The lowest BCUT2D eigenvalue weighted by Crippen LogP contribution is -1.98. The zero-order valence-corrected chi connectivity index (χ0v) is 9.31. The molecule has 0 unspecified atom stereocenters. The van der Waals surface area contributed by atoms with Gasteiger partial charge in [-0.3, -0.25) is 0 Å². The molecular formula is C12H13ClN2. The van der Waals surface area contributed by atoms with Crippen LogP contribution in [0.5, 0.6) is 0 Å². The first-order valence-corrected chi connectivity index (χ1v) is 5.25. The normalized spacial score (nSPS) is 10.3. The largest absolute Gasteiger partial charge is 0.380 e. The van der Waals surface area contributed by atoms with Crippen LogP contribution >= 0.6 is 11.6 Å². The fourth-order valence-electron chi connectivity index (χ4n) is 1.43. The van der Waals surface area contributed by atoms with Gasteiger partial charge in [0.1, 0.15) is 0 Å². The van der Waals surface area contributed by atoms with Gasteiger partial charge in [0.2, 0.25) is 0 Å². The van der Waals surface area contributed by atoms with Crippen molar-refractivity contribution in [3.8, 4) is 0 Å². The van der Waals surface area contributed by atoms with Gasteiger partial charge >= 0.3 is 0 Å². The zero-order valence-electron chi connectivity index (χ0n) is 8.55. The molecule has 2 N–H and O–H groups in total. The molecule has 0 aliphatic rings. The number of nitrogens with one attached hydrogen (secondary N) is 2. The first-order valence-electron chi connectivity index (χ1n) is 4.87. The average Bonchev–Trinajstić information content (AvgIpc) is 2.69. The van der Waals surface area contributed by atoms with E-state index in [1.54, 1.807) is 0 Å². The molecule has 0 atom stereocenters. The van der Waals surface area contributed by atoms with Crippen LogP contribution in [0.3, 0.4) is 0 Å². The molecule has 0 amide bonds. The maximum Gasteiger partial charge on any atom is 0.0640 e. The third-order valence-electron chi connectivity index (χ3n) is 2.27. The summed E-state index contributed by atoms with van der Waals surface area (Å²) in [5.74, 6) is 0. The lowest BCUT2D eigenvalue weighted by Gasteiger charge is -2.07. The molecule has 0 bridgehead atoms. The van der Waals surface area contributed by atoms with E-state index in [0.717, 1.165) is 17.3 Å². The number of halogens is 1. The number of hydrogen-bond donors (Lipinski definition) is 2. The Labute approximate surface area is 94.3 Å². The van der Waals surface area contributed by atoms with Crippen LogP contribution in [0.25, 0.3) is 0 Å². The molecule has 2 rings (SSSR count). The number of aromatic nitrogens is 1. The number of aromatic amines is 1. The minimum absolute atomic E-state index is 0.769. The van der Waals surface area contributed by atoms with Gasteiger partial charge in [-0.15, -0.1) is 0 Å². The van der Waals surface area contributed by atoms with Gasteiger partial charge in [-0.25, -0.2) is 0 Å². The van der Waals surface area contributed by atoms with Crippen LogP contribution in [-0.4, -0.2) is 4.98 Å². The summed E-state index contributed by atoms with van der Waals surface area (Å²) in [6.45, 7) is 2.81. The summed E-state index contributed by atoms with van der Waals surface area (Å²) >= 11 is 6.10. The van der Waals surface area contributed by atoms with Crippen molar-refractivity contribution >= 4 is 17.3 Å². The summed E-state index contributed by atoms with van der Waals surface area (Å²) in [6.07, 6.45) is 3.88. The van der Waals surface area contributed by atoms with Gasteiger partial charge in [0.05, 0.1) is 10.7 Å². The topological polar surface area (TPSA) is 27.8 Å². The van der Waals surface area contributed by atoms with E-state index in [2.05, 4.69) is 10.3 Å². The molecule has 0 radical (unpaired) electrons. The monoisotopic (exact) mass is 220 g/mol. The van der Waals surface area contributed by atoms with Crippen molar-refractivity contribution in [3.63, 3.8) is 0 Å². The average molecular weight is 221 g/mol. The summed E-state index contributed by atoms with van der Waals surface area (Å²) in [7, 11) is 0. The van der Waals surface area contributed by atoms with Crippen molar-refractivity contribution in [3.05, 3.63) is 52.8 Å². The van der Waals surface area contributed by atoms with E-state index in [1.165, 1.54) is 11.1 Å². The summed E-state index contributed by atoms with van der Waals surface area (Å²) in [5.41, 5.74) is 3.36. The Morgan fingerprint density at radius 3 is 2.87 bits per heavy atom. The molecule has 0 spiro atoms. The molecule has 0 saturated carbocycles. The van der Waals surface area contributed by atoms with Gasteiger partial charge in [0.25, 0.3) is 0 Å². The lowest BCUT2D eigenvalue weighted by atomic mass is 10.2. The molecule has 1 aromatic carbocycles. The van der Waals surface area contributed by atoms with E-state index in [4.69, 9.17) is 11.6 Å². The Kier molecular flexibility index (Phi) is 2.97. The fourth-order valence-corrected chi connectivity index (χ4v) is 1.73. The first kappa shape index (κ1) is 10.1. The molecule has 2 nitrogen and oxygen atoms in total. The Morgan fingerprint density at radius 2 is 2.20 bits per heavy atom. The Hall–Kier alpha value is -1.41. The van der Waals surface area contributed by atoms with Crippen LogP contribution in [0.2, 0.25) is 5.02 Å². The quantitative estimate of drug-likeness (QED) is 0.813. The highest BCUT2D eigenvalue weighted by molar-refractivity contribution is 6.33. The number of hydrogen-bond acceptors (Lipinski definition) is 1. The van der Waals surface area contributed by atoms with Crippen molar-refractivity contribution in [1.82, 2.24) is 4.98 Å². The van der Waals surface area contributed by atoms with Crippen LogP contribution in [0.4, 0.5) is 5.69 Å². The van der Waals surface area contributed by atoms with Gasteiger partial charge < -0.3 is 10.3 Å².